The van der Waals surface area contributed by atoms with Gasteiger partial charge in [-0.25, -0.2) is 0 Å². The van der Waals surface area contributed by atoms with Gasteiger partial charge in [0.15, 0.2) is 0 Å². The zero-order valence-electron chi connectivity index (χ0n) is 18.6. The van der Waals surface area contributed by atoms with Gasteiger partial charge in [0.05, 0.1) is 12.8 Å². The van der Waals surface area contributed by atoms with Gasteiger partial charge >= 0.3 is 7.60 Å². The largest absolute Gasteiger partial charge is 1.00 e. The quantitative estimate of drug-likeness (QED) is 0.213. The standard InChI is InChI=1S/C22H45N2O3P.BrH/c1-2-3-4-5-6-7-8-9-10-11-12-13-14-15-17-23-19-20-24(22-23)18-16-21-28(25,26)27;/h19-20H,2-18,21-22H2,1H3,(H2,25,26,27);1H/p-1. The van der Waals surface area contributed by atoms with E-state index in [1.165, 1.54) is 89.9 Å². The van der Waals surface area contributed by atoms with Crippen molar-refractivity contribution in [2.24, 2.45) is 0 Å². The van der Waals surface area contributed by atoms with Gasteiger partial charge in [-0.05, 0) is 12.8 Å². The average molecular weight is 496 g/mol. The monoisotopic (exact) mass is 495 g/mol. The Hall–Kier alpha value is -0.0300. The summed E-state index contributed by atoms with van der Waals surface area (Å²) in [5, 5.41) is 0. The van der Waals surface area contributed by atoms with Gasteiger partial charge in [-0.15, -0.1) is 0 Å². The highest BCUT2D eigenvalue weighted by molar-refractivity contribution is 7.51. The average Bonchev–Trinajstić information content (AvgIpc) is 3.08. The van der Waals surface area contributed by atoms with Crippen molar-refractivity contribution in [2.75, 3.05) is 25.9 Å². The third kappa shape index (κ3) is 18.5. The molecule has 0 unspecified atom stereocenters. The van der Waals surface area contributed by atoms with Crippen molar-refractivity contribution in [3.63, 3.8) is 0 Å². The molecular weight excluding hydrogens is 451 g/mol. The lowest BCUT2D eigenvalue weighted by Crippen LogP contribution is -3.00. The molecule has 1 aliphatic rings. The minimum atomic E-state index is -3.85. The number of nitrogens with zero attached hydrogens (tertiary/aromatic N) is 2. The molecule has 2 N–H and O–H groups in total. The van der Waals surface area contributed by atoms with Gasteiger partial charge in [-0.3, -0.25) is 4.57 Å². The second-order valence-electron chi connectivity index (χ2n) is 8.40. The summed E-state index contributed by atoms with van der Waals surface area (Å²) in [7, 11) is -3.85. The summed E-state index contributed by atoms with van der Waals surface area (Å²) in [5.41, 5.74) is 0. The molecule has 0 atom stereocenters. The van der Waals surface area contributed by atoms with E-state index in [4.69, 9.17) is 9.79 Å². The van der Waals surface area contributed by atoms with Crippen LogP contribution in [-0.4, -0.2) is 45.5 Å². The Morgan fingerprint density at radius 3 is 1.48 bits per heavy atom. The van der Waals surface area contributed by atoms with Crippen LogP contribution in [0, 0.1) is 0 Å². The lowest BCUT2D eigenvalue weighted by Gasteiger charge is -2.21. The Morgan fingerprint density at radius 2 is 1.07 bits per heavy atom. The molecule has 7 heteroatoms. The molecule has 29 heavy (non-hydrogen) atoms. The van der Waals surface area contributed by atoms with E-state index in [1.807, 2.05) is 6.20 Å². The molecule has 0 aromatic carbocycles. The molecule has 174 valence electrons. The first-order valence-electron chi connectivity index (χ1n) is 11.7. The van der Waals surface area contributed by atoms with Gasteiger partial charge in [0.25, 0.3) is 0 Å². The van der Waals surface area contributed by atoms with Crippen LogP contribution in [0.25, 0.3) is 0 Å². The third-order valence-electron chi connectivity index (χ3n) is 5.55. The first-order valence-corrected chi connectivity index (χ1v) is 13.5. The number of halogens is 1. The Labute approximate surface area is 190 Å². The van der Waals surface area contributed by atoms with Crippen LogP contribution in [0.15, 0.2) is 12.4 Å². The van der Waals surface area contributed by atoms with Gasteiger partial charge < -0.3 is 36.6 Å². The molecule has 1 aliphatic heterocycles. The molecule has 0 radical (unpaired) electrons. The fourth-order valence-corrected chi connectivity index (χ4v) is 4.35. The number of hydrogen-bond donors (Lipinski definition) is 2. The molecule has 0 aromatic heterocycles. The number of rotatable bonds is 19. The fourth-order valence-electron chi connectivity index (χ4n) is 3.80. The Balaban J connectivity index is 0.00000784. The highest BCUT2D eigenvalue weighted by Gasteiger charge is 2.15. The van der Waals surface area contributed by atoms with Crippen LogP contribution < -0.4 is 17.0 Å². The molecule has 5 nitrogen and oxygen atoms in total. The van der Waals surface area contributed by atoms with Crippen LogP contribution in [0.2, 0.25) is 0 Å². The van der Waals surface area contributed by atoms with Gasteiger partial charge in [0.1, 0.15) is 0 Å². The Kier molecular flexibility index (Phi) is 18.7. The molecule has 0 saturated heterocycles. The van der Waals surface area contributed by atoms with Crippen LogP contribution in [0.4, 0.5) is 0 Å². The van der Waals surface area contributed by atoms with E-state index in [0.29, 0.717) is 6.42 Å². The van der Waals surface area contributed by atoms with E-state index < -0.39 is 7.60 Å². The summed E-state index contributed by atoms with van der Waals surface area (Å²) in [6.45, 7) is 4.94. The number of unbranched alkanes of at least 4 members (excludes halogenated alkanes) is 13. The van der Waals surface area contributed by atoms with Crippen molar-refractivity contribution in [1.82, 2.24) is 9.80 Å². The van der Waals surface area contributed by atoms with E-state index in [-0.39, 0.29) is 23.1 Å². The predicted molar refractivity (Wildman–Crippen MR) is 119 cm³/mol. The topological polar surface area (TPSA) is 64.0 Å². The van der Waals surface area contributed by atoms with Gasteiger partial charge in [0, 0.05) is 25.5 Å². The van der Waals surface area contributed by atoms with Crippen molar-refractivity contribution in [3.05, 3.63) is 12.4 Å². The predicted octanol–water partition coefficient (Wildman–Crippen LogP) is 3.09. The summed E-state index contributed by atoms with van der Waals surface area (Å²) in [4.78, 5) is 22.2. The lowest BCUT2D eigenvalue weighted by atomic mass is 10.0. The maximum atomic E-state index is 10.9. The minimum absolute atomic E-state index is 0. The van der Waals surface area contributed by atoms with E-state index >= 15 is 0 Å². The molecule has 0 spiro atoms. The summed E-state index contributed by atoms with van der Waals surface area (Å²) in [5.74, 6) is 0. The summed E-state index contributed by atoms with van der Waals surface area (Å²) < 4.78 is 10.9. The normalized spacial score (nSPS) is 13.9. The van der Waals surface area contributed by atoms with Gasteiger partial charge in [0.2, 0.25) is 0 Å². The van der Waals surface area contributed by atoms with Crippen molar-refractivity contribution < 1.29 is 31.3 Å². The Bertz CT molecular complexity index is 446. The van der Waals surface area contributed by atoms with Gasteiger partial charge in [-0.2, -0.15) is 0 Å². The Morgan fingerprint density at radius 1 is 0.690 bits per heavy atom. The molecule has 1 heterocycles. The molecule has 0 amide bonds. The van der Waals surface area contributed by atoms with Crippen molar-refractivity contribution in [1.29, 1.82) is 0 Å². The van der Waals surface area contributed by atoms with Crippen molar-refractivity contribution in [2.45, 2.75) is 103 Å². The van der Waals surface area contributed by atoms with Crippen molar-refractivity contribution >= 4 is 7.60 Å². The molecular formula is C22H45BrN2O3P-. The summed E-state index contributed by atoms with van der Waals surface area (Å²) in [6.07, 6.45) is 24.1. The van der Waals surface area contributed by atoms with Crippen LogP contribution in [0.1, 0.15) is 103 Å². The fraction of sp³-hybridized carbons (Fsp3) is 0.909. The smallest absolute Gasteiger partial charge is 0.325 e. The molecule has 0 aromatic rings. The lowest BCUT2D eigenvalue weighted by molar-refractivity contribution is -0.0000114. The van der Waals surface area contributed by atoms with Crippen LogP contribution in [-0.2, 0) is 4.57 Å². The number of hydrogen-bond acceptors (Lipinski definition) is 3. The van der Waals surface area contributed by atoms with Gasteiger partial charge in [-0.1, -0.05) is 90.4 Å². The molecule has 0 aliphatic carbocycles. The first-order chi connectivity index (χ1) is 13.5. The van der Waals surface area contributed by atoms with E-state index in [0.717, 1.165) is 19.8 Å². The minimum Gasteiger partial charge on any atom is -1.00 e. The van der Waals surface area contributed by atoms with Crippen LogP contribution in [0.3, 0.4) is 0 Å². The summed E-state index contributed by atoms with van der Waals surface area (Å²) >= 11 is 0. The van der Waals surface area contributed by atoms with E-state index in [2.05, 4.69) is 22.9 Å². The molecule has 1 rings (SSSR count). The second-order valence-corrected chi connectivity index (χ2v) is 10.2. The molecule has 0 fully saturated rings. The summed E-state index contributed by atoms with van der Waals surface area (Å²) in [6, 6.07) is 0. The zero-order valence-corrected chi connectivity index (χ0v) is 21.1. The van der Waals surface area contributed by atoms with Crippen LogP contribution in [0.5, 0.6) is 0 Å². The van der Waals surface area contributed by atoms with E-state index in [9.17, 15) is 4.57 Å². The first kappa shape index (κ1) is 29.0. The second kappa shape index (κ2) is 18.7. The molecule has 0 saturated carbocycles. The highest BCUT2D eigenvalue weighted by atomic mass is 79.9. The maximum Gasteiger partial charge on any atom is 0.325 e. The van der Waals surface area contributed by atoms with E-state index in [1.54, 1.807) is 0 Å². The third-order valence-corrected chi connectivity index (χ3v) is 6.44. The maximum absolute atomic E-state index is 10.9. The zero-order chi connectivity index (χ0) is 20.5. The molecule has 0 bridgehead atoms. The van der Waals surface area contributed by atoms with Crippen LogP contribution >= 0.6 is 7.60 Å². The van der Waals surface area contributed by atoms with Crippen molar-refractivity contribution in [3.8, 4) is 0 Å². The SMILES string of the molecule is CCCCCCCCCCCCCCCCN1C=CN(CCCP(=O)(O)O)C1.[Br-]. The highest BCUT2D eigenvalue weighted by Crippen LogP contribution is 2.34.